The molecule has 0 spiro atoms. The number of H-pyrrole nitrogens is 1. The number of aromatic amines is 1. The summed E-state index contributed by atoms with van der Waals surface area (Å²) >= 11 is 1.43. The van der Waals surface area contributed by atoms with Gasteiger partial charge in [0, 0.05) is 31.4 Å². The molecular weight excluding hydrogens is 749 g/mol. The third-order valence-corrected chi connectivity index (χ3v) is 6.75. The summed E-state index contributed by atoms with van der Waals surface area (Å²) in [4.78, 5) is 48.6. The van der Waals surface area contributed by atoms with Crippen LogP contribution >= 0.6 is 11.3 Å². The Bertz CT molecular complexity index is 1720. The highest BCUT2D eigenvalue weighted by Gasteiger charge is 2.39. The molecule has 0 fully saturated rings. The smallest absolute Gasteiger partial charge is 0.490 e. The number of hydrogen-bond acceptors (Lipinski definition) is 9. The van der Waals surface area contributed by atoms with Gasteiger partial charge in [-0.05, 0) is 49.5 Å². The van der Waals surface area contributed by atoms with Crippen LogP contribution in [0.1, 0.15) is 15.4 Å². The molecule has 0 atom stereocenters. The van der Waals surface area contributed by atoms with E-state index in [0.717, 1.165) is 39.2 Å². The first kappa shape index (κ1) is 44.6. The zero-order valence-electron chi connectivity index (χ0n) is 26.8. The molecule has 4 N–H and O–H groups in total. The molecule has 2 aromatic carbocycles. The van der Waals surface area contributed by atoms with E-state index in [1.165, 1.54) is 11.3 Å². The van der Waals surface area contributed by atoms with E-state index in [2.05, 4.69) is 26.1 Å². The number of carbonyl (C=O) groups excluding carboxylic acids is 1. The number of fused-ring (bicyclic) bond motifs is 1. The number of ether oxygens (including phenoxy) is 1. The van der Waals surface area contributed by atoms with E-state index in [-0.39, 0.29) is 5.91 Å². The van der Waals surface area contributed by atoms with Gasteiger partial charge in [-0.2, -0.15) is 44.6 Å². The standard InChI is InChI=1S/C23H25N5O2S.3C2HF3O2/c1-27(2)9-10-28(15-16-5-4-6-19(11-16)30-3)23(29)22-26-20-8-7-17(12-21(20)31-22)18-13-24-25-14-18;3*3-2(4,5)1(6)7/h4-8,11-14H,9-10,15H2,1-3H3,(H,24,25);3*(H,6,7). The summed E-state index contributed by atoms with van der Waals surface area (Å²) in [6.45, 7) is 1.88. The van der Waals surface area contributed by atoms with Crippen LogP contribution in [0.15, 0.2) is 54.9 Å². The Hall–Kier alpha value is -5.45. The number of amides is 1. The van der Waals surface area contributed by atoms with Crippen molar-refractivity contribution in [2.75, 3.05) is 34.3 Å². The average Bonchev–Trinajstić information content (AvgIpc) is 3.73. The normalized spacial score (nSPS) is 11.2. The first-order chi connectivity index (χ1) is 23.9. The number of halogens is 9. The van der Waals surface area contributed by atoms with Crippen molar-refractivity contribution >= 4 is 45.4 Å². The molecule has 0 aliphatic rings. The second-order valence-corrected chi connectivity index (χ2v) is 11.0. The van der Waals surface area contributed by atoms with Crippen molar-refractivity contribution in [1.82, 2.24) is 25.0 Å². The first-order valence-corrected chi connectivity index (χ1v) is 14.5. The average molecular weight is 778 g/mol. The summed E-state index contributed by atoms with van der Waals surface area (Å²) in [5.41, 5.74) is 3.91. The minimum atomic E-state index is -5.08. The monoisotopic (exact) mass is 777 g/mol. The fourth-order valence-electron chi connectivity index (χ4n) is 3.30. The predicted molar refractivity (Wildman–Crippen MR) is 165 cm³/mol. The Labute approximate surface area is 290 Å². The Morgan fingerprint density at radius 3 is 1.79 bits per heavy atom. The van der Waals surface area contributed by atoms with E-state index in [9.17, 15) is 44.3 Å². The van der Waals surface area contributed by atoms with Crippen LogP contribution in [0.25, 0.3) is 21.3 Å². The SMILES string of the molecule is COc1cccc(CN(CCN(C)C)C(=O)c2nc3ccc(-c4cn[nH]c4)cc3s2)c1.O=C(O)C(F)(F)F.O=C(O)C(F)(F)F.O=C(O)C(F)(F)F. The molecule has 13 nitrogen and oxygen atoms in total. The molecule has 0 radical (unpaired) electrons. The van der Waals surface area contributed by atoms with Crippen LogP contribution in [0.5, 0.6) is 5.75 Å². The molecule has 0 aliphatic heterocycles. The van der Waals surface area contributed by atoms with Gasteiger partial charge >= 0.3 is 36.4 Å². The van der Waals surface area contributed by atoms with E-state index < -0.39 is 36.4 Å². The molecule has 0 saturated heterocycles. The number of aliphatic carboxylic acids is 3. The molecule has 4 aromatic rings. The maximum Gasteiger partial charge on any atom is 0.490 e. The lowest BCUT2D eigenvalue weighted by atomic mass is 10.1. The maximum atomic E-state index is 13.4. The van der Waals surface area contributed by atoms with Crippen molar-refractivity contribution in [1.29, 1.82) is 0 Å². The van der Waals surface area contributed by atoms with Crippen LogP contribution < -0.4 is 4.74 Å². The topological polar surface area (TPSA) is 186 Å². The van der Waals surface area contributed by atoms with Crippen LogP contribution in [-0.4, -0.2) is 117 Å². The molecule has 23 heteroatoms. The Morgan fingerprint density at radius 2 is 1.35 bits per heavy atom. The molecule has 0 unspecified atom stereocenters. The number of rotatable bonds is 8. The third kappa shape index (κ3) is 15.6. The molecule has 52 heavy (non-hydrogen) atoms. The number of nitrogens with one attached hydrogen (secondary N) is 1. The molecule has 4 rings (SSSR count). The number of carboxylic acid groups (broad SMARTS) is 3. The van der Waals surface area contributed by atoms with Crippen LogP contribution in [0.4, 0.5) is 39.5 Å². The quantitative estimate of drug-likeness (QED) is 0.159. The maximum absolute atomic E-state index is 13.4. The minimum Gasteiger partial charge on any atom is -0.497 e. The predicted octanol–water partition coefficient (Wildman–Crippen LogP) is 5.80. The van der Waals surface area contributed by atoms with Crippen LogP contribution in [0.2, 0.25) is 0 Å². The highest BCUT2D eigenvalue weighted by atomic mass is 32.1. The molecule has 2 heterocycles. The van der Waals surface area contributed by atoms with Gasteiger partial charge in [-0.3, -0.25) is 9.89 Å². The Kier molecular flexibility index (Phi) is 16.5. The number of likely N-dealkylation sites (N-methyl/N-ethyl adjacent to an activating group) is 1. The second-order valence-electron chi connectivity index (χ2n) is 9.98. The lowest BCUT2D eigenvalue weighted by Crippen LogP contribution is -2.36. The highest BCUT2D eigenvalue weighted by molar-refractivity contribution is 7.20. The Balaban J connectivity index is 0.000000525. The number of methoxy groups -OCH3 is 1. The van der Waals surface area contributed by atoms with Crippen LogP contribution in [0.3, 0.4) is 0 Å². The molecule has 286 valence electrons. The van der Waals surface area contributed by atoms with Crippen molar-refractivity contribution in [3.63, 3.8) is 0 Å². The summed E-state index contributed by atoms with van der Waals surface area (Å²) in [6.07, 6.45) is -11.6. The lowest BCUT2D eigenvalue weighted by Gasteiger charge is -2.24. The third-order valence-electron chi connectivity index (χ3n) is 5.74. The molecule has 0 bridgehead atoms. The van der Waals surface area contributed by atoms with Gasteiger partial charge in [0.15, 0.2) is 5.01 Å². The summed E-state index contributed by atoms with van der Waals surface area (Å²) in [5, 5.41) is 28.7. The summed E-state index contributed by atoms with van der Waals surface area (Å²) in [5.74, 6) is -7.55. The number of hydrogen-bond donors (Lipinski definition) is 4. The van der Waals surface area contributed by atoms with Gasteiger partial charge in [0.1, 0.15) is 5.75 Å². The van der Waals surface area contributed by atoms with E-state index in [0.29, 0.717) is 18.1 Å². The largest absolute Gasteiger partial charge is 0.497 e. The fraction of sp³-hybridized carbons (Fsp3) is 0.310. The van der Waals surface area contributed by atoms with Crippen molar-refractivity contribution in [3.8, 4) is 16.9 Å². The van der Waals surface area contributed by atoms with E-state index >= 15 is 0 Å². The number of carboxylic acids is 3. The van der Waals surface area contributed by atoms with E-state index in [1.807, 2.05) is 61.6 Å². The zero-order valence-corrected chi connectivity index (χ0v) is 27.6. The minimum absolute atomic E-state index is 0.0595. The van der Waals surface area contributed by atoms with Gasteiger partial charge in [0.2, 0.25) is 0 Å². The van der Waals surface area contributed by atoms with Gasteiger partial charge in [-0.25, -0.2) is 19.4 Å². The van der Waals surface area contributed by atoms with Crippen molar-refractivity contribution in [3.05, 3.63) is 65.4 Å². The van der Waals surface area contributed by atoms with Gasteiger partial charge in [-0.15, -0.1) is 11.3 Å². The molecule has 1 amide bonds. The number of alkyl halides is 9. The molecular formula is C29H28F9N5O8S. The summed E-state index contributed by atoms with van der Waals surface area (Å²) in [6, 6.07) is 13.8. The lowest BCUT2D eigenvalue weighted by molar-refractivity contribution is -0.193. The summed E-state index contributed by atoms with van der Waals surface area (Å²) in [7, 11) is 5.65. The van der Waals surface area contributed by atoms with Gasteiger partial charge in [0.05, 0.1) is 23.5 Å². The van der Waals surface area contributed by atoms with E-state index in [4.69, 9.17) is 34.4 Å². The summed E-state index contributed by atoms with van der Waals surface area (Å²) < 4.78 is 102. The van der Waals surface area contributed by atoms with Crippen LogP contribution in [0, 0.1) is 0 Å². The van der Waals surface area contributed by atoms with Crippen LogP contribution in [-0.2, 0) is 20.9 Å². The fourth-order valence-corrected chi connectivity index (χ4v) is 4.28. The molecule has 0 saturated carbocycles. The Morgan fingerprint density at radius 1 is 0.808 bits per heavy atom. The number of thiazole rings is 1. The number of benzene rings is 2. The highest BCUT2D eigenvalue weighted by Crippen LogP contribution is 2.29. The number of nitrogens with zero attached hydrogens (tertiary/aromatic N) is 4. The van der Waals surface area contributed by atoms with Crippen molar-refractivity contribution in [2.24, 2.45) is 0 Å². The van der Waals surface area contributed by atoms with Gasteiger partial charge in [0.25, 0.3) is 5.91 Å². The molecule has 2 aromatic heterocycles. The van der Waals surface area contributed by atoms with Crippen molar-refractivity contribution in [2.45, 2.75) is 25.1 Å². The first-order valence-electron chi connectivity index (χ1n) is 13.7. The second kappa shape index (κ2) is 19.2. The van der Waals surface area contributed by atoms with E-state index in [1.54, 1.807) is 13.3 Å². The van der Waals surface area contributed by atoms with Gasteiger partial charge < -0.3 is 29.9 Å². The number of carbonyl (C=O) groups is 4. The number of aromatic nitrogens is 3. The van der Waals surface area contributed by atoms with Crippen molar-refractivity contribution < 1.29 is 78.7 Å². The zero-order chi connectivity index (χ0) is 40.0. The van der Waals surface area contributed by atoms with Gasteiger partial charge in [-0.1, -0.05) is 18.2 Å². The molecule has 0 aliphatic carbocycles.